The van der Waals surface area contributed by atoms with Gasteiger partial charge in [0, 0.05) is 23.5 Å². The summed E-state index contributed by atoms with van der Waals surface area (Å²) in [6, 6.07) is 15.5. The minimum atomic E-state index is -1.18. The number of aryl methyl sites for hydroxylation is 1. The van der Waals surface area contributed by atoms with Crippen LogP contribution >= 0.6 is 0 Å². The molecule has 1 aromatic carbocycles. The molecular formula is C18H14N2O. The van der Waals surface area contributed by atoms with E-state index in [9.17, 15) is 5.11 Å². The summed E-state index contributed by atoms with van der Waals surface area (Å²) in [4.78, 5) is 8.86. The van der Waals surface area contributed by atoms with Crippen LogP contribution in [0, 0.1) is 6.92 Å². The van der Waals surface area contributed by atoms with E-state index >= 15 is 0 Å². The van der Waals surface area contributed by atoms with Crippen molar-refractivity contribution in [3.05, 3.63) is 83.2 Å². The average molecular weight is 274 g/mol. The van der Waals surface area contributed by atoms with Crippen molar-refractivity contribution in [3.63, 3.8) is 0 Å². The maximum absolute atomic E-state index is 11.6. The Labute approximate surface area is 123 Å². The number of benzene rings is 1. The number of hydrogen-bond acceptors (Lipinski definition) is 3. The first-order valence-electron chi connectivity index (χ1n) is 6.93. The third-order valence-corrected chi connectivity index (χ3v) is 4.15. The molecule has 102 valence electrons. The van der Waals surface area contributed by atoms with Gasteiger partial charge in [-0.15, -0.1) is 0 Å². The lowest BCUT2D eigenvalue weighted by molar-refractivity contribution is 0.129. The molecule has 1 aliphatic rings. The number of aromatic nitrogens is 2. The summed E-state index contributed by atoms with van der Waals surface area (Å²) in [5, 5.41) is 11.6. The van der Waals surface area contributed by atoms with Gasteiger partial charge in [0.05, 0.1) is 11.4 Å². The smallest absolute Gasteiger partial charge is 0.145 e. The van der Waals surface area contributed by atoms with Crippen molar-refractivity contribution in [2.45, 2.75) is 12.5 Å². The molecule has 4 rings (SSSR count). The molecule has 0 saturated heterocycles. The van der Waals surface area contributed by atoms with Crippen molar-refractivity contribution in [3.8, 4) is 11.4 Å². The second kappa shape index (κ2) is 4.24. The third-order valence-electron chi connectivity index (χ3n) is 4.15. The Morgan fingerprint density at radius 3 is 1.86 bits per heavy atom. The lowest BCUT2D eigenvalue weighted by Crippen LogP contribution is -2.27. The van der Waals surface area contributed by atoms with E-state index in [0.717, 1.165) is 33.6 Å². The van der Waals surface area contributed by atoms with Gasteiger partial charge in [-0.25, -0.2) is 0 Å². The third kappa shape index (κ3) is 1.52. The van der Waals surface area contributed by atoms with E-state index in [1.54, 1.807) is 12.4 Å². The Morgan fingerprint density at radius 2 is 1.29 bits per heavy atom. The van der Waals surface area contributed by atoms with Crippen molar-refractivity contribution in [2.75, 3.05) is 0 Å². The van der Waals surface area contributed by atoms with Crippen LogP contribution in [0.4, 0.5) is 0 Å². The molecule has 3 heteroatoms. The van der Waals surface area contributed by atoms with E-state index in [1.165, 1.54) is 0 Å². The number of fused-ring (bicyclic) bond motifs is 3. The fraction of sp³-hybridized carbons (Fsp3) is 0.111. The molecule has 0 spiro atoms. The highest BCUT2D eigenvalue weighted by molar-refractivity contribution is 5.76. The number of nitrogens with zero attached hydrogens (tertiary/aromatic N) is 2. The molecule has 0 aliphatic heterocycles. The Morgan fingerprint density at radius 1 is 0.762 bits per heavy atom. The number of pyridine rings is 2. The van der Waals surface area contributed by atoms with E-state index in [1.807, 2.05) is 55.5 Å². The maximum atomic E-state index is 11.6. The van der Waals surface area contributed by atoms with Crippen molar-refractivity contribution >= 4 is 0 Å². The molecule has 0 radical (unpaired) electrons. The van der Waals surface area contributed by atoms with Gasteiger partial charge < -0.3 is 5.11 Å². The fourth-order valence-electron chi connectivity index (χ4n) is 3.19. The van der Waals surface area contributed by atoms with Gasteiger partial charge in [-0.3, -0.25) is 9.97 Å². The largest absolute Gasteiger partial charge is 0.376 e. The number of aliphatic hydroxyl groups is 1. The van der Waals surface area contributed by atoms with Crippen LogP contribution in [0.2, 0.25) is 0 Å². The van der Waals surface area contributed by atoms with Crippen LogP contribution in [0.1, 0.15) is 22.3 Å². The summed E-state index contributed by atoms with van der Waals surface area (Å²) >= 11 is 0. The molecule has 21 heavy (non-hydrogen) atoms. The number of hydrogen-bond donors (Lipinski definition) is 1. The summed E-state index contributed by atoms with van der Waals surface area (Å²) in [6.07, 6.45) is 3.47. The van der Waals surface area contributed by atoms with Gasteiger partial charge in [-0.2, -0.15) is 0 Å². The highest BCUT2D eigenvalue weighted by Gasteiger charge is 2.45. The molecule has 0 bridgehead atoms. The Balaban J connectivity index is 2.12. The Kier molecular flexibility index (Phi) is 2.47. The summed E-state index contributed by atoms with van der Waals surface area (Å²) in [6.45, 7) is 2.01. The summed E-state index contributed by atoms with van der Waals surface area (Å²) < 4.78 is 0. The zero-order valence-electron chi connectivity index (χ0n) is 11.6. The zero-order chi connectivity index (χ0) is 14.4. The summed E-state index contributed by atoms with van der Waals surface area (Å²) in [5.74, 6) is 0. The minimum absolute atomic E-state index is 0.763. The normalized spacial score (nSPS) is 14.6. The first-order valence-corrected chi connectivity index (χ1v) is 6.93. The van der Waals surface area contributed by atoms with Crippen molar-refractivity contribution in [2.24, 2.45) is 0 Å². The molecule has 3 nitrogen and oxygen atoms in total. The van der Waals surface area contributed by atoms with Crippen LogP contribution in [0.5, 0.6) is 0 Å². The van der Waals surface area contributed by atoms with E-state index in [4.69, 9.17) is 0 Å². The molecular weight excluding hydrogens is 260 g/mol. The van der Waals surface area contributed by atoms with Crippen molar-refractivity contribution < 1.29 is 5.11 Å². The SMILES string of the molecule is Cc1ccccc1C1(O)c2cccnc2-c2ncccc21. The maximum Gasteiger partial charge on any atom is 0.145 e. The second-order valence-electron chi connectivity index (χ2n) is 5.32. The monoisotopic (exact) mass is 274 g/mol. The molecule has 0 atom stereocenters. The molecule has 0 unspecified atom stereocenters. The minimum Gasteiger partial charge on any atom is -0.376 e. The van der Waals surface area contributed by atoms with Gasteiger partial charge in [-0.05, 0) is 30.2 Å². The van der Waals surface area contributed by atoms with Crippen LogP contribution in [0.3, 0.4) is 0 Å². The zero-order valence-corrected chi connectivity index (χ0v) is 11.6. The molecule has 1 aliphatic carbocycles. The van der Waals surface area contributed by atoms with Crippen LogP contribution in [-0.2, 0) is 5.60 Å². The summed E-state index contributed by atoms with van der Waals surface area (Å²) in [5.41, 5.74) is 3.87. The van der Waals surface area contributed by atoms with Gasteiger partial charge >= 0.3 is 0 Å². The van der Waals surface area contributed by atoms with Gasteiger partial charge in [0.25, 0.3) is 0 Å². The summed E-state index contributed by atoms with van der Waals surface area (Å²) in [7, 11) is 0. The van der Waals surface area contributed by atoms with Gasteiger partial charge in [-0.1, -0.05) is 36.4 Å². The van der Waals surface area contributed by atoms with Crippen LogP contribution < -0.4 is 0 Å². The molecule has 2 heterocycles. The van der Waals surface area contributed by atoms with E-state index in [0.29, 0.717) is 0 Å². The lowest BCUT2D eigenvalue weighted by Gasteiger charge is -2.27. The highest BCUT2D eigenvalue weighted by atomic mass is 16.3. The molecule has 2 aromatic heterocycles. The van der Waals surface area contributed by atoms with Gasteiger partial charge in [0.2, 0.25) is 0 Å². The van der Waals surface area contributed by atoms with Crippen molar-refractivity contribution in [1.82, 2.24) is 9.97 Å². The van der Waals surface area contributed by atoms with E-state index in [2.05, 4.69) is 9.97 Å². The standard InChI is InChI=1S/C18H14N2O/c1-12-6-2-3-7-13(12)18(21)14-8-4-10-19-16(14)17-15(18)9-5-11-20-17/h2-11,21H,1H3. The average Bonchev–Trinajstić information content (AvgIpc) is 2.79. The van der Waals surface area contributed by atoms with Gasteiger partial charge in [0.15, 0.2) is 0 Å². The Bertz CT molecular complexity index is 796. The highest BCUT2D eigenvalue weighted by Crippen LogP contribution is 2.49. The Hall–Kier alpha value is -2.52. The number of rotatable bonds is 1. The van der Waals surface area contributed by atoms with Gasteiger partial charge in [0.1, 0.15) is 5.60 Å². The first kappa shape index (κ1) is 12.2. The quantitative estimate of drug-likeness (QED) is 0.742. The predicted octanol–water partition coefficient (Wildman–Crippen LogP) is 3.05. The van der Waals surface area contributed by atoms with E-state index < -0.39 is 5.60 Å². The predicted molar refractivity (Wildman–Crippen MR) is 80.7 cm³/mol. The topological polar surface area (TPSA) is 46.0 Å². The van der Waals surface area contributed by atoms with Crippen LogP contribution in [0.15, 0.2) is 60.9 Å². The molecule has 1 N–H and O–H groups in total. The molecule has 0 saturated carbocycles. The molecule has 0 amide bonds. The molecule has 3 aromatic rings. The van der Waals surface area contributed by atoms with Crippen LogP contribution in [-0.4, -0.2) is 15.1 Å². The molecule has 0 fully saturated rings. The lowest BCUT2D eigenvalue weighted by atomic mass is 9.83. The van der Waals surface area contributed by atoms with Crippen LogP contribution in [0.25, 0.3) is 11.4 Å². The first-order chi connectivity index (χ1) is 10.2. The van der Waals surface area contributed by atoms with Crippen molar-refractivity contribution in [1.29, 1.82) is 0 Å². The van der Waals surface area contributed by atoms with E-state index in [-0.39, 0.29) is 0 Å². The fourth-order valence-corrected chi connectivity index (χ4v) is 3.19. The second-order valence-corrected chi connectivity index (χ2v) is 5.32.